The smallest absolute Gasteiger partial charge is 0.254 e. The van der Waals surface area contributed by atoms with Gasteiger partial charge in [-0.25, -0.2) is 9.97 Å². The lowest BCUT2D eigenvalue weighted by atomic mass is 9.97. The van der Waals surface area contributed by atoms with Crippen LogP contribution in [0.25, 0.3) is 11.1 Å². The van der Waals surface area contributed by atoms with Gasteiger partial charge in [-0.1, -0.05) is 18.2 Å². The van der Waals surface area contributed by atoms with Gasteiger partial charge >= 0.3 is 0 Å². The van der Waals surface area contributed by atoms with E-state index in [2.05, 4.69) is 27.2 Å². The topological polar surface area (TPSA) is 70.6 Å². The highest BCUT2D eigenvalue weighted by atomic mass is 16.5. The molecule has 7 nitrogen and oxygen atoms in total. The lowest BCUT2D eigenvalue weighted by Crippen LogP contribution is -2.46. The summed E-state index contributed by atoms with van der Waals surface area (Å²) in [6.07, 6.45) is 7.16. The first kappa shape index (κ1) is 20.0. The monoisotopic (exact) mass is 453 g/mol. The molecule has 2 saturated heterocycles. The lowest BCUT2D eigenvalue weighted by molar-refractivity contribution is 0.0716. The fourth-order valence-corrected chi connectivity index (χ4v) is 5.95. The van der Waals surface area contributed by atoms with Crippen LogP contribution in [0.4, 0.5) is 11.6 Å². The van der Waals surface area contributed by atoms with Gasteiger partial charge in [0.1, 0.15) is 5.75 Å². The number of rotatable bonds is 4. The number of nitrogens with one attached hydrogen (secondary N) is 1. The van der Waals surface area contributed by atoms with E-state index in [1.165, 1.54) is 18.4 Å². The summed E-state index contributed by atoms with van der Waals surface area (Å²) in [5.74, 6) is 1.64. The molecule has 1 aromatic heterocycles. The van der Waals surface area contributed by atoms with Gasteiger partial charge in [-0.3, -0.25) is 4.79 Å². The first-order valence-corrected chi connectivity index (χ1v) is 12.1. The molecule has 7 heteroatoms. The summed E-state index contributed by atoms with van der Waals surface area (Å²) in [6, 6.07) is 15.0. The van der Waals surface area contributed by atoms with Crippen molar-refractivity contribution in [3.8, 4) is 16.9 Å². The van der Waals surface area contributed by atoms with Crippen molar-refractivity contribution in [1.82, 2.24) is 20.2 Å². The van der Waals surface area contributed by atoms with Gasteiger partial charge in [0.15, 0.2) is 0 Å². The fourth-order valence-electron chi connectivity index (χ4n) is 5.95. The second-order valence-electron chi connectivity index (χ2n) is 10.1. The number of benzene rings is 2. The minimum atomic E-state index is 0.141. The molecule has 3 aliphatic heterocycles. The van der Waals surface area contributed by atoms with Crippen LogP contribution >= 0.6 is 0 Å². The zero-order valence-corrected chi connectivity index (χ0v) is 19.2. The van der Waals surface area contributed by atoms with E-state index in [1.54, 1.807) is 7.11 Å². The van der Waals surface area contributed by atoms with Crippen LogP contribution in [-0.2, 0) is 5.41 Å². The van der Waals surface area contributed by atoms with Crippen LogP contribution in [0.15, 0.2) is 54.9 Å². The van der Waals surface area contributed by atoms with Crippen LogP contribution < -0.4 is 15.0 Å². The number of ether oxygens (including phenoxy) is 1. The van der Waals surface area contributed by atoms with Crippen LogP contribution in [0.5, 0.6) is 5.75 Å². The molecule has 1 spiro atoms. The van der Waals surface area contributed by atoms with E-state index in [1.807, 2.05) is 42.7 Å². The fraction of sp³-hybridized carbons (Fsp3) is 0.370. The van der Waals surface area contributed by atoms with E-state index in [4.69, 9.17) is 14.7 Å². The summed E-state index contributed by atoms with van der Waals surface area (Å²) < 4.78 is 5.35. The highest BCUT2D eigenvalue weighted by molar-refractivity contribution is 5.96. The average molecular weight is 454 g/mol. The molecule has 172 valence electrons. The molecule has 2 unspecified atom stereocenters. The van der Waals surface area contributed by atoms with Crippen molar-refractivity contribution in [3.05, 3.63) is 66.0 Å². The molecule has 4 heterocycles. The van der Waals surface area contributed by atoms with Gasteiger partial charge in [-0.05, 0) is 54.7 Å². The highest BCUT2D eigenvalue weighted by Gasteiger charge is 2.52. The van der Waals surface area contributed by atoms with E-state index >= 15 is 0 Å². The van der Waals surface area contributed by atoms with Gasteiger partial charge in [0, 0.05) is 66.3 Å². The molecular formula is C27H27N5O2. The Balaban J connectivity index is 1.20. The number of hydrogen-bond donors (Lipinski definition) is 1. The van der Waals surface area contributed by atoms with E-state index in [9.17, 15) is 4.79 Å². The van der Waals surface area contributed by atoms with Crippen molar-refractivity contribution in [3.63, 3.8) is 0 Å². The van der Waals surface area contributed by atoms with Crippen LogP contribution in [0, 0.1) is 0 Å². The molecule has 4 aliphatic rings. The Labute approximate surface area is 198 Å². The van der Waals surface area contributed by atoms with Gasteiger partial charge < -0.3 is 19.9 Å². The standard InChI is InChI=1S/C27H27N5O2/c1-34-22-4-2-3-17(9-22)19-12-29-26(30-13-19)32-16-27(7-8-27)23-6-5-18(10-24(23)32)25(33)31-15-20-11-21(31)14-28-20/h2-6,9-10,12-13,20-21,28H,7-8,11,14-16H2,1H3. The molecule has 2 bridgehead atoms. The van der Waals surface area contributed by atoms with Gasteiger partial charge in [0.2, 0.25) is 5.95 Å². The maximum atomic E-state index is 13.3. The molecule has 0 radical (unpaired) electrons. The largest absolute Gasteiger partial charge is 0.497 e. The second kappa shape index (κ2) is 7.27. The van der Waals surface area contributed by atoms with Crippen molar-refractivity contribution in [2.75, 3.05) is 31.6 Å². The molecule has 34 heavy (non-hydrogen) atoms. The molecule has 1 amide bonds. The Bertz CT molecular complexity index is 1290. The van der Waals surface area contributed by atoms with Crippen molar-refractivity contribution >= 4 is 17.5 Å². The number of hydrogen-bond acceptors (Lipinski definition) is 6. The zero-order chi connectivity index (χ0) is 22.9. The predicted octanol–water partition coefficient (Wildman–Crippen LogP) is 3.52. The molecule has 1 N–H and O–H groups in total. The Kier molecular flexibility index (Phi) is 4.27. The Morgan fingerprint density at radius 2 is 1.97 bits per heavy atom. The molecule has 2 aromatic carbocycles. The summed E-state index contributed by atoms with van der Waals surface area (Å²) in [6.45, 7) is 2.59. The Morgan fingerprint density at radius 3 is 2.68 bits per heavy atom. The van der Waals surface area contributed by atoms with E-state index in [-0.39, 0.29) is 11.3 Å². The number of nitrogens with zero attached hydrogens (tertiary/aromatic N) is 4. The maximum Gasteiger partial charge on any atom is 0.254 e. The van der Waals surface area contributed by atoms with Crippen LogP contribution in [0.3, 0.4) is 0 Å². The van der Waals surface area contributed by atoms with Crippen molar-refractivity contribution in [2.45, 2.75) is 36.8 Å². The molecule has 1 saturated carbocycles. The number of methoxy groups -OCH3 is 1. The zero-order valence-electron chi connectivity index (χ0n) is 19.2. The molecule has 7 rings (SSSR count). The van der Waals surface area contributed by atoms with Crippen molar-refractivity contribution in [2.24, 2.45) is 0 Å². The number of anilines is 2. The number of piperazine rings is 1. The summed E-state index contributed by atoms with van der Waals surface area (Å²) >= 11 is 0. The van der Waals surface area contributed by atoms with Gasteiger partial charge in [-0.2, -0.15) is 0 Å². The first-order chi connectivity index (χ1) is 16.6. The van der Waals surface area contributed by atoms with Crippen LogP contribution in [0.2, 0.25) is 0 Å². The third-order valence-electron chi connectivity index (χ3n) is 8.02. The number of carbonyl (C=O) groups is 1. The van der Waals surface area contributed by atoms with Crippen molar-refractivity contribution < 1.29 is 9.53 Å². The predicted molar refractivity (Wildman–Crippen MR) is 130 cm³/mol. The number of amides is 1. The van der Waals surface area contributed by atoms with Gasteiger partial charge in [-0.15, -0.1) is 0 Å². The summed E-state index contributed by atoms with van der Waals surface area (Å²) in [5.41, 5.74) is 5.33. The quantitative estimate of drug-likeness (QED) is 0.652. The van der Waals surface area contributed by atoms with E-state index in [0.717, 1.165) is 54.2 Å². The minimum Gasteiger partial charge on any atom is -0.497 e. The molecular weight excluding hydrogens is 426 g/mol. The van der Waals surface area contributed by atoms with E-state index in [0.29, 0.717) is 18.0 Å². The molecule has 2 atom stereocenters. The highest BCUT2D eigenvalue weighted by Crippen LogP contribution is 2.57. The third kappa shape index (κ3) is 3.03. The van der Waals surface area contributed by atoms with Gasteiger partial charge in [0.25, 0.3) is 5.91 Å². The van der Waals surface area contributed by atoms with Crippen LogP contribution in [-0.4, -0.2) is 59.6 Å². The summed E-state index contributed by atoms with van der Waals surface area (Å²) in [5, 5.41) is 3.48. The number of carbonyl (C=O) groups excluding carboxylic acids is 1. The Morgan fingerprint density at radius 1 is 1.12 bits per heavy atom. The Hall–Kier alpha value is -3.45. The second-order valence-corrected chi connectivity index (χ2v) is 10.1. The molecule has 1 aliphatic carbocycles. The molecule has 3 aromatic rings. The maximum absolute atomic E-state index is 13.3. The summed E-state index contributed by atoms with van der Waals surface area (Å²) in [7, 11) is 1.67. The number of likely N-dealkylation sites (tertiary alicyclic amines) is 1. The van der Waals surface area contributed by atoms with Crippen LogP contribution in [0.1, 0.15) is 35.2 Å². The number of aromatic nitrogens is 2. The SMILES string of the molecule is COc1cccc(-c2cnc(N3CC4(CC4)c4ccc(C(=O)N5CC6CC5CN6)cc43)nc2)c1. The lowest BCUT2D eigenvalue weighted by Gasteiger charge is -2.28. The van der Waals surface area contributed by atoms with Crippen molar-refractivity contribution in [1.29, 1.82) is 0 Å². The average Bonchev–Trinajstić information content (AvgIpc) is 3.21. The third-order valence-corrected chi connectivity index (χ3v) is 8.02. The number of fused-ring (bicyclic) bond motifs is 4. The molecule has 3 fully saturated rings. The normalized spacial score (nSPS) is 23.4. The summed E-state index contributed by atoms with van der Waals surface area (Å²) in [4.78, 5) is 27.1. The van der Waals surface area contributed by atoms with E-state index < -0.39 is 0 Å². The first-order valence-electron chi connectivity index (χ1n) is 12.1. The minimum absolute atomic E-state index is 0.141. The van der Waals surface area contributed by atoms with Gasteiger partial charge in [0.05, 0.1) is 7.11 Å².